The molecule has 0 fully saturated rings. The van der Waals surface area contributed by atoms with E-state index < -0.39 is 36.7 Å². The Morgan fingerprint density at radius 1 is 0.926 bits per heavy atom. The molecule has 2 atom stereocenters. The van der Waals surface area contributed by atoms with Crippen molar-refractivity contribution in [2.24, 2.45) is 5.41 Å². The fraction of sp³-hybridized carbons (Fsp3) is 0.833. The highest BCUT2D eigenvalue weighted by molar-refractivity contribution is 7.55. The highest BCUT2D eigenvalue weighted by atomic mass is 31.2. The molecule has 27 heavy (non-hydrogen) atoms. The number of rotatable bonds is 13. The number of Topliss-reactive ketones (excluding diaryl/α,β-unsaturated/α-hetero) is 1. The van der Waals surface area contributed by atoms with Crippen LogP contribution in [-0.4, -0.2) is 49.3 Å². The first kappa shape index (κ1) is 25.8. The Morgan fingerprint density at radius 3 is 1.81 bits per heavy atom. The summed E-state index contributed by atoms with van der Waals surface area (Å²) in [5.74, 6) is -1.41. The second-order valence-corrected chi connectivity index (χ2v) is 8.82. The van der Waals surface area contributed by atoms with Gasteiger partial charge in [-0.3, -0.25) is 18.9 Å². The standard InChI is InChI=1S/C18H33O8P/c1-8-23-17(21)15(27(22,24-9-2)25-10-3)11-12-16(26-14(5)20)18(6,7)13(4)19/h15-16H,8-12H2,1-7H3. The molecule has 0 heterocycles. The van der Waals surface area contributed by atoms with Crippen LogP contribution < -0.4 is 0 Å². The first-order valence-electron chi connectivity index (χ1n) is 9.19. The van der Waals surface area contributed by atoms with Gasteiger partial charge in [0.2, 0.25) is 0 Å². The third kappa shape index (κ3) is 7.72. The smallest absolute Gasteiger partial charge is 0.344 e. The van der Waals surface area contributed by atoms with E-state index in [1.54, 1.807) is 34.6 Å². The van der Waals surface area contributed by atoms with Crippen molar-refractivity contribution >= 4 is 25.3 Å². The molecule has 0 aromatic rings. The van der Waals surface area contributed by atoms with Gasteiger partial charge in [0.25, 0.3) is 0 Å². The summed E-state index contributed by atoms with van der Waals surface area (Å²) in [5.41, 5.74) is -2.13. The van der Waals surface area contributed by atoms with Gasteiger partial charge in [-0.2, -0.15) is 0 Å². The van der Waals surface area contributed by atoms with E-state index in [1.807, 2.05) is 0 Å². The van der Waals surface area contributed by atoms with Gasteiger partial charge in [-0.1, -0.05) is 0 Å². The summed E-state index contributed by atoms with van der Waals surface area (Å²) in [6.07, 6.45) is -0.647. The zero-order chi connectivity index (χ0) is 21.3. The monoisotopic (exact) mass is 408 g/mol. The lowest BCUT2D eigenvalue weighted by Gasteiger charge is -2.33. The number of carbonyl (C=O) groups excluding carboxylic acids is 3. The Hall–Kier alpha value is -1.24. The molecule has 0 saturated heterocycles. The lowest BCUT2D eigenvalue weighted by Crippen LogP contribution is -2.40. The summed E-state index contributed by atoms with van der Waals surface area (Å²) in [7, 11) is -3.78. The zero-order valence-electron chi connectivity index (χ0n) is 17.4. The van der Waals surface area contributed by atoms with Gasteiger partial charge in [0.1, 0.15) is 11.9 Å². The van der Waals surface area contributed by atoms with Gasteiger partial charge < -0.3 is 18.5 Å². The normalized spacial score (nSPS) is 14.3. The number of hydrogen-bond acceptors (Lipinski definition) is 8. The van der Waals surface area contributed by atoms with Gasteiger partial charge in [0.15, 0.2) is 5.66 Å². The minimum absolute atomic E-state index is 0.0186. The predicted octanol–water partition coefficient (Wildman–Crippen LogP) is 3.51. The fourth-order valence-electron chi connectivity index (χ4n) is 2.52. The molecule has 8 nitrogen and oxygen atoms in total. The van der Waals surface area contributed by atoms with Crippen LogP contribution in [-0.2, 0) is 37.5 Å². The molecule has 0 N–H and O–H groups in total. The Bertz CT molecular complexity index is 548. The number of ether oxygens (including phenoxy) is 2. The van der Waals surface area contributed by atoms with Crippen molar-refractivity contribution in [2.75, 3.05) is 19.8 Å². The molecule has 0 saturated carbocycles. The number of esters is 2. The maximum absolute atomic E-state index is 13.1. The molecule has 158 valence electrons. The molecule has 0 aromatic carbocycles. The largest absolute Gasteiger partial charge is 0.465 e. The Labute approximate surface area is 161 Å². The minimum atomic E-state index is -3.78. The van der Waals surface area contributed by atoms with Gasteiger partial charge in [0, 0.05) is 6.92 Å². The molecule has 0 spiro atoms. The van der Waals surface area contributed by atoms with Crippen molar-refractivity contribution < 1.29 is 37.5 Å². The van der Waals surface area contributed by atoms with Crippen LogP contribution in [0.1, 0.15) is 61.3 Å². The number of ketones is 1. The van der Waals surface area contributed by atoms with Crippen molar-refractivity contribution in [3.05, 3.63) is 0 Å². The predicted molar refractivity (Wildman–Crippen MR) is 101 cm³/mol. The molecular formula is C18H33O8P. The quantitative estimate of drug-likeness (QED) is 0.337. The summed E-state index contributed by atoms with van der Waals surface area (Å²) < 4.78 is 34.1. The summed E-state index contributed by atoms with van der Waals surface area (Å²) in [5, 5.41) is 0. The van der Waals surface area contributed by atoms with Crippen LogP contribution >= 0.6 is 7.60 Å². The third-order valence-corrected chi connectivity index (χ3v) is 6.75. The summed E-state index contributed by atoms with van der Waals surface area (Å²) in [6.45, 7) is 11.2. The molecule has 0 radical (unpaired) electrons. The highest BCUT2D eigenvalue weighted by Crippen LogP contribution is 2.55. The van der Waals surface area contributed by atoms with Gasteiger partial charge in [-0.15, -0.1) is 0 Å². The van der Waals surface area contributed by atoms with Crippen LogP contribution in [0.3, 0.4) is 0 Å². The second-order valence-electron chi connectivity index (χ2n) is 6.60. The molecule has 0 aliphatic carbocycles. The van der Waals surface area contributed by atoms with Crippen LogP contribution in [0.2, 0.25) is 0 Å². The fourth-order valence-corrected chi connectivity index (χ4v) is 4.48. The summed E-state index contributed by atoms with van der Waals surface area (Å²) >= 11 is 0. The van der Waals surface area contributed by atoms with E-state index >= 15 is 0 Å². The topological polar surface area (TPSA) is 105 Å². The second kappa shape index (κ2) is 11.6. The van der Waals surface area contributed by atoms with Crippen LogP contribution in [0.15, 0.2) is 0 Å². The average Bonchev–Trinajstić information content (AvgIpc) is 2.53. The Balaban J connectivity index is 5.68. The first-order chi connectivity index (χ1) is 12.5. The minimum Gasteiger partial charge on any atom is -0.465 e. The van der Waals surface area contributed by atoms with Gasteiger partial charge in [-0.05, 0) is 54.4 Å². The maximum Gasteiger partial charge on any atom is 0.344 e. The van der Waals surface area contributed by atoms with E-state index in [9.17, 15) is 18.9 Å². The van der Waals surface area contributed by atoms with E-state index in [4.69, 9.17) is 18.5 Å². The van der Waals surface area contributed by atoms with Gasteiger partial charge in [-0.25, -0.2) is 0 Å². The lowest BCUT2D eigenvalue weighted by atomic mass is 9.80. The Kier molecular flexibility index (Phi) is 11.0. The average molecular weight is 408 g/mol. The molecule has 0 aromatic heterocycles. The maximum atomic E-state index is 13.1. The number of hydrogen-bond donors (Lipinski definition) is 0. The molecular weight excluding hydrogens is 375 g/mol. The van der Waals surface area contributed by atoms with Crippen molar-refractivity contribution in [3.8, 4) is 0 Å². The summed E-state index contributed by atoms with van der Waals surface area (Å²) in [6, 6.07) is 0. The Morgan fingerprint density at radius 2 is 1.44 bits per heavy atom. The summed E-state index contributed by atoms with van der Waals surface area (Å²) in [4.78, 5) is 35.9. The van der Waals surface area contributed by atoms with Crippen LogP contribution in [0.4, 0.5) is 0 Å². The molecule has 0 amide bonds. The van der Waals surface area contributed by atoms with E-state index in [-0.39, 0.29) is 38.4 Å². The van der Waals surface area contributed by atoms with Crippen molar-refractivity contribution in [3.63, 3.8) is 0 Å². The van der Waals surface area contributed by atoms with Gasteiger partial charge in [0.05, 0.1) is 25.2 Å². The zero-order valence-corrected chi connectivity index (χ0v) is 18.3. The van der Waals surface area contributed by atoms with Crippen molar-refractivity contribution in [1.82, 2.24) is 0 Å². The van der Waals surface area contributed by atoms with E-state index in [0.29, 0.717) is 0 Å². The lowest BCUT2D eigenvalue weighted by molar-refractivity contribution is -0.156. The van der Waals surface area contributed by atoms with Crippen molar-refractivity contribution in [2.45, 2.75) is 73.1 Å². The number of carbonyl (C=O) groups is 3. The molecule has 0 aliphatic rings. The van der Waals surface area contributed by atoms with Crippen LogP contribution in [0.5, 0.6) is 0 Å². The van der Waals surface area contributed by atoms with E-state index in [1.165, 1.54) is 13.8 Å². The van der Waals surface area contributed by atoms with Crippen molar-refractivity contribution in [1.29, 1.82) is 0 Å². The van der Waals surface area contributed by atoms with E-state index in [2.05, 4.69) is 0 Å². The van der Waals surface area contributed by atoms with Gasteiger partial charge >= 0.3 is 19.5 Å². The van der Waals surface area contributed by atoms with Crippen LogP contribution in [0.25, 0.3) is 0 Å². The van der Waals surface area contributed by atoms with Crippen LogP contribution in [0, 0.1) is 5.41 Å². The molecule has 0 rings (SSSR count). The highest BCUT2D eigenvalue weighted by Gasteiger charge is 2.44. The molecule has 0 bridgehead atoms. The SMILES string of the molecule is CCOC(=O)C(CCC(OC(C)=O)C(C)(C)C(C)=O)P(=O)(OCC)OCC. The molecule has 2 unspecified atom stereocenters. The van der Waals surface area contributed by atoms with E-state index in [0.717, 1.165) is 0 Å². The molecule has 9 heteroatoms. The third-order valence-electron chi connectivity index (χ3n) is 4.28. The molecule has 0 aliphatic heterocycles. The first-order valence-corrected chi connectivity index (χ1v) is 10.8.